The second-order valence-electron chi connectivity index (χ2n) is 8.11. The molecule has 0 spiro atoms. The molecule has 25 heavy (non-hydrogen) atoms. The number of carbonyl (C=O) groups is 1. The molecule has 1 aromatic rings. The van der Waals surface area contributed by atoms with Crippen LogP contribution in [0.4, 0.5) is 0 Å². The molecular weight excluding hydrogens is 314 g/mol. The maximum Gasteiger partial charge on any atom is 0.263 e. The van der Waals surface area contributed by atoms with Crippen LogP contribution in [0, 0.1) is 18.8 Å². The summed E-state index contributed by atoms with van der Waals surface area (Å²) in [5.74, 6) is 1.24. The molecule has 0 bridgehead atoms. The van der Waals surface area contributed by atoms with Crippen LogP contribution in [0.25, 0.3) is 0 Å². The minimum Gasteiger partial charge on any atom is -0.337 e. The standard InChI is InChI=1S/C20H31N3O2/c1-14(2)18-13-23(11-5-10-22(18)12-16-7-8-16)20(25)17-9-6-15(3)21(4)19(17)24/h6,9,14,16,18H,5,7-8,10-13H2,1-4H3/t18-/m0/s1. The molecule has 1 aliphatic heterocycles. The molecule has 0 N–H and O–H groups in total. The third kappa shape index (κ3) is 3.97. The summed E-state index contributed by atoms with van der Waals surface area (Å²) in [7, 11) is 1.73. The van der Waals surface area contributed by atoms with Gasteiger partial charge in [0.2, 0.25) is 0 Å². The van der Waals surface area contributed by atoms with Crippen molar-refractivity contribution in [3.63, 3.8) is 0 Å². The molecular formula is C20H31N3O2. The minimum atomic E-state index is -0.190. The van der Waals surface area contributed by atoms with E-state index in [0.717, 1.165) is 44.2 Å². The number of aromatic nitrogens is 1. The van der Waals surface area contributed by atoms with Gasteiger partial charge in [-0.15, -0.1) is 0 Å². The van der Waals surface area contributed by atoms with Crippen LogP contribution in [-0.4, -0.2) is 52.5 Å². The SMILES string of the molecule is Cc1ccc(C(=O)N2CCCN(CC3CC3)[C@H](C(C)C)C2)c(=O)n1C. The van der Waals surface area contributed by atoms with Crippen LogP contribution in [0.5, 0.6) is 0 Å². The lowest BCUT2D eigenvalue weighted by Crippen LogP contribution is -2.47. The molecule has 138 valence electrons. The first-order chi connectivity index (χ1) is 11.9. The van der Waals surface area contributed by atoms with Gasteiger partial charge in [-0.25, -0.2) is 0 Å². The predicted molar refractivity (Wildman–Crippen MR) is 99.9 cm³/mol. The number of aryl methyl sites for hydroxylation is 1. The van der Waals surface area contributed by atoms with Crippen molar-refractivity contribution < 1.29 is 4.79 Å². The number of carbonyl (C=O) groups excluding carboxylic acids is 1. The zero-order chi connectivity index (χ0) is 18.1. The Morgan fingerprint density at radius 3 is 2.60 bits per heavy atom. The van der Waals surface area contributed by atoms with E-state index in [1.54, 1.807) is 17.7 Å². The van der Waals surface area contributed by atoms with Crippen molar-refractivity contribution in [3.8, 4) is 0 Å². The van der Waals surface area contributed by atoms with Crippen LogP contribution in [0.3, 0.4) is 0 Å². The maximum absolute atomic E-state index is 13.0. The zero-order valence-electron chi connectivity index (χ0n) is 16.0. The largest absolute Gasteiger partial charge is 0.337 e. The molecule has 1 saturated heterocycles. The van der Waals surface area contributed by atoms with Crippen LogP contribution < -0.4 is 5.56 Å². The normalized spacial score (nSPS) is 22.3. The molecule has 3 rings (SSSR count). The topological polar surface area (TPSA) is 45.6 Å². The molecule has 2 fully saturated rings. The Kier molecular flexibility index (Phi) is 5.32. The number of hydrogen-bond donors (Lipinski definition) is 0. The molecule has 5 nitrogen and oxygen atoms in total. The molecule has 0 unspecified atom stereocenters. The number of nitrogens with zero attached hydrogens (tertiary/aromatic N) is 3. The van der Waals surface area contributed by atoms with Crippen molar-refractivity contribution in [1.29, 1.82) is 0 Å². The Balaban J connectivity index is 1.80. The van der Waals surface area contributed by atoms with Crippen molar-refractivity contribution in [3.05, 3.63) is 33.7 Å². The lowest BCUT2D eigenvalue weighted by molar-refractivity contribution is 0.0702. The molecule has 1 aliphatic carbocycles. The predicted octanol–water partition coefficient (Wildman–Crippen LogP) is 2.28. The molecule has 2 heterocycles. The third-order valence-corrected chi connectivity index (χ3v) is 5.78. The molecule has 1 aromatic heterocycles. The molecule has 1 amide bonds. The Morgan fingerprint density at radius 1 is 1.24 bits per heavy atom. The molecule has 1 saturated carbocycles. The summed E-state index contributed by atoms with van der Waals surface area (Å²) in [5.41, 5.74) is 0.976. The average Bonchev–Trinajstić information content (AvgIpc) is 3.39. The number of pyridine rings is 1. The first-order valence-electron chi connectivity index (χ1n) is 9.58. The number of rotatable bonds is 4. The van der Waals surface area contributed by atoms with Crippen molar-refractivity contribution in [2.75, 3.05) is 26.2 Å². The fraction of sp³-hybridized carbons (Fsp3) is 0.700. The quantitative estimate of drug-likeness (QED) is 0.841. The Morgan fingerprint density at radius 2 is 1.96 bits per heavy atom. The highest BCUT2D eigenvalue weighted by Gasteiger charge is 2.34. The van der Waals surface area contributed by atoms with E-state index in [0.29, 0.717) is 17.5 Å². The molecule has 5 heteroatoms. The van der Waals surface area contributed by atoms with Gasteiger partial charge in [0.25, 0.3) is 11.5 Å². The van der Waals surface area contributed by atoms with E-state index < -0.39 is 0 Å². The van der Waals surface area contributed by atoms with Gasteiger partial charge in [0.05, 0.1) is 0 Å². The second kappa shape index (κ2) is 7.32. The molecule has 0 radical (unpaired) electrons. The van der Waals surface area contributed by atoms with Gasteiger partial charge in [0, 0.05) is 45.0 Å². The van der Waals surface area contributed by atoms with Crippen molar-refractivity contribution >= 4 is 5.91 Å². The highest BCUT2D eigenvalue weighted by Crippen LogP contribution is 2.32. The van der Waals surface area contributed by atoms with E-state index in [4.69, 9.17) is 0 Å². The first kappa shape index (κ1) is 18.2. The van der Waals surface area contributed by atoms with Gasteiger partial charge in [-0.05, 0) is 50.2 Å². The Bertz CT molecular complexity index is 691. The summed E-state index contributed by atoms with van der Waals surface area (Å²) < 4.78 is 1.56. The molecule has 2 aliphatic rings. The van der Waals surface area contributed by atoms with Gasteiger partial charge in [-0.3, -0.25) is 14.5 Å². The fourth-order valence-corrected chi connectivity index (χ4v) is 3.80. The summed E-state index contributed by atoms with van der Waals surface area (Å²) in [6.07, 6.45) is 3.68. The van der Waals surface area contributed by atoms with E-state index >= 15 is 0 Å². The monoisotopic (exact) mass is 345 g/mol. The summed E-state index contributed by atoms with van der Waals surface area (Å²) >= 11 is 0. The van der Waals surface area contributed by atoms with E-state index in [-0.39, 0.29) is 11.5 Å². The summed E-state index contributed by atoms with van der Waals surface area (Å²) in [5, 5.41) is 0. The maximum atomic E-state index is 13.0. The first-order valence-corrected chi connectivity index (χ1v) is 9.58. The van der Waals surface area contributed by atoms with Gasteiger partial charge in [-0.2, -0.15) is 0 Å². The highest BCUT2D eigenvalue weighted by atomic mass is 16.2. The summed E-state index contributed by atoms with van der Waals surface area (Å²) in [6, 6.07) is 3.92. The lowest BCUT2D eigenvalue weighted by atomic mass is 10.0. The average molecular weight is 345 g/mol. The smallest absolute Gasteiger partial charge is 0.263 e. The second-order valence-corrected chi connectivity index (χ2v) is 8.11. The van der Waals surface area contributed by atoms with Crippen LogP contribution in [0.1, 0.15) is 49.2 Å². The summed E-state index contributed by atoms with van der Waals surface area (Å²) in [6.45, 7) is 10.0. The Labute approximate surface area is 150 Å². The van der Waals surface area contributed by atoms with E-state index in [9.17, 15) is 9.59 Å². The van der Waals surface area contributed by atoms with Crippen molar-refractivity contribution in [2.24, 2.45) is 18.9 Å². The van der Waals surface area contributed by atoms with Crippen molar-refractivity contribution in [2.45, 2.75) is 46.1 Å². The van der Waals surface area contributed by atoms with Gasteiger partial charge in [0.1, 0.15) is 5.56 Å². The molecule has 1 atom stereocenters. The van der Waals surface area contributed by atoms with E-state index in [1.165, 1.54) is 12.8 Å². The van der Waals surface area contributed by atoms with E-state index in [1.807, 2.05) is 17.9 Å². The van der Waals surface area contributed by atoms with Crippen LogP contribution in [0.15, 0.2) is 16.9 Å². The fourth-order valence-electron chi connectivity index (χ4n) is 3.80. The summed E-state index contributed by atoms with van der Waals surface area (Å²) in [4.78, 5) is 30.0. The van der Waals surface area contributed by atoms with Gasteiger partial charge in [0.15, 0.2) is 0 Å². The van der Waals surface area contributed by atoms with Gasteiger partial charge >= 0.3 is 0 Å². The van der Waals surface area contributed by atoms with E-state index in [2.05, 4.69) is 18.7 Å². The highest BCUT2D eigenvalue weighted by molar-refractivity contribution is 5.94. The number of amides is 1. The van der Waals surface area contributed by atoms with Gasteiger partial charge in [-0.1, -0.05) is 13.8 Å². The van der Waals surface area contributed by atoms with Crippen LogP contribution in [0.2, 0.25) is 0 Å². The Hall–Kier alpha value is -1.62. The minimum absolute atomic E-state index is 0.112. The molecule has 0 aromatic carbocycles. The lowest BCUT2D eigenvalue weighted by Gasteiger charge is -2.34. The van der Waals surface area contributed by atoms with Crippen LogP contribution in [-0.2, 0) is 7.05 Å². The van der Waals surface area contributed by atoms with Gasteiger partial charge < -0.3 is 9.47 Å². The third-order valence-electron chi connectivity index (χ3n) is 5.78. The number of hydrogen-bond acceptors (Lipinski definition) is 3. The zero-order valence-corrected chi connectivity index (χ0v) is 16.0. The van der Waals surface area contributed by atoms with Crippen molar-refractivity contribution in [1.82, 2.24) is 14.4 Å². The van der Waals surface area contributed by atoms with Crippen LogP contribution >= 0.6 is 0 Å².